The molecule has 0 heterocycles. The van der Waals surface area contributed by atoms with Gasteiger partial charge in [-0.15, -0.1) is 0 Å². The fourth-order valence-corrected chi connectivity index (χ4v) is 0.770. The fourth-order valence-electron chi connectivity index (χ4n) is 0.770. The van der Waals surface area contributed by atoms with Gasteiger partial charge in [0.15, 0.2) is 0 Å². The topological polar surface area (TPSA) is 0 Å². The minimum atomic E-state index is 0. The molecule has 0 amide bonds. The van der Waals surface area contributed by atoms with Gasteiger partial charge >= 0.3 is 21.1 Å². The Balaban J connectivity index is -0.0000000198. The first kappa shape index (κ1) is 49.5. The van der Waals surface area contributed by atoms with E-state index in [0.717, 1.165) is 0 Å². The van der Waals surface area contributed by atoms with Crippen LogP contribution >= 0.6 is 0 Å². The second kappa shape index (κ2) is 58.5. The summed E-state index contributed by atoms with van der Waals surface area (Å²) in [6.07, 6.45) is 0. The first-order valence-electron chi connectivity index (χ1n) is 6.00. The van der Waals surface area contributed by atoms with Gasteiger partial charge in [-0.05, 0) is 0 Å². The molecule has 0 nitrogen and oxygen atoms in total. The molecule has 0 unspecified atom stereocenters. The van der Waals surface area contributed by atoms with Crippen molar-refractivity contribution in [1.29, 1.82) is 0 Å². The molecule has 0 aliphatic carbocycles. The van der Waals surface area contributed by atoms with Crippen LogP contribution in [0.15, 0.2) is 72.8 Å². The van der Waals surface area contributed by atoms with E-state index >= 15 is 0 Å². The number of rotatable bonds is 0. The van der Waals surface area contributed by atoms with Crippen molar-refractivity contribution in [3.8, 4) is 0 Å². The van der Waals surface area contributed by atoms with E-state index in [1.165, 1.54) is 0 Å². The minimum absolute atomic E-state index is 0. The summed E-state index contributed by atoms with van der Waals surface area (Å²) in [6, 6.07) is 24.0. The Morgan fingerprint density at radius 2 is 0.409 bits per heavy atom. The molecular weight excluding hydrogens is 608 g/mol. The molecule has 0 radical (unpaired) electrons. The minimum Gasteiger partial charge on any atom is -0.358 e. The average Bonchev–Trinajstić information content (AvgIpc) is 2.48. The maximum absolute atomic E-state index is 2.00. The summed E-state index contributed by atoms with van der Waals surface area (Å²) in [5, 5.41) is 0. The molecule has 0 N–H and O–H groups in total. The molecule has 0 aliphatic rings. The number of benzene rings is 2. The van der Waals surface area contributed by atoms with Gasteiger partial charge in [0.25, 0.3) is 0 Å². The van der Waals surface area contributed by atoms with Crippen LogP contribution in [0.25, 0.3) is 0 Å². The first-order valence-corrected chi connectivity index (χ1v) is 6.00. The zero-order valence-corrected chi connectivity index (χ0v) is 19.6. The fraction of sp³-hybridized carbons (Fsp3) is 0.300. The number of hydrogen-bond acceptors (Lipinski definition) is 0. The molecule has 2 rings (SSSR count). The van der Waals surface area contributed by atoms with Crippen LogP contribution in [0.5, 0.6) is 0 Å². The van der Waals surface area contributed by atoms with Crippen LogP contribution in [-0.2, 0) is 42.1 Å². The SMILES string of the molecule is C.C.CC.CC.[CH3-].[CH3-].[W+2].[W].c1ccccc1.c1ccccc1. The Hall–Kier alpha value is -0.183. The van der Waals surface area contributed by atoms with Gasteiger partial charge < -0.3 is 14.9 Å². The molecule has 0 aromatic heterocycles. The molecule has 0 spiro atoms. The monoisotopic (exact) mass is 646 g/mol. The van der Waals surface area contributed by atoms with E-state index in [1.807, 2.05) is 100 Å². The zero-order chi connectivity index (χ0) is 12.5. The Morgan fingerprint density at radius 3 is 0.455 bits per heavy atom. The molecule has 0 atom stereocenters. The second-order valence-corrected chi connectivity index (χ2v) is 2.31. The third-order valence-electron chi connectivity index (χ3n) is 1.33. The third-order valence-corrected chi connectivity index (χ3v) is 1.33. The van der Waals surface area contributed by atoms with E-state index in [4.69, 9.17) is 0 Å². The molecule has 0 fully saturated rings. The summed E-state index contributed by atoms with van der Waals surface area (Å²) >= 11 is 0. The van der Waals surface area contributed by atoms with Crippen molar-refractivity contribution in [3.05, 3.63) is 87.6 Å². The summed E-state index contributed by atoms with van der Waals surface area (Å²) < 4.78 is 0. The van der Waals surface area contributed by atoms with Crippen LogP contribution < -0.4 is 0 Å². The van der Waals surface area contributed by atoms with E-state index in [9.17, 15) is 0 Å². The molecule has 0 aliphatic heterocycles. The van der Waals surface area contributed by atoms with Crippen molar-refractivity contribution < 1.29 is 42.1 Å². The van der Waals surface area contributed by atoms with Gasteiger partial charge in [-0.25, -0.2) is 0 Å². The molecular formula is C20H38W2. The quantitative estimate of drug-likeness (QED) is 0.259. The van der Waals surface area contributed by atoms with Crippen LogP contribution in [0.3, 0.4) is 0 Å². The van der Waals surface area contributed by atoms with Gasteiger partial charge in [0.05, 0.1) is 0 Å². The van der Waals surface area contributed by atoms with Gasteiger partial charge in [0, 0.05) is 21.1 Å². The van der Waals surface area contributed by atoms with Gasteiger partial charge in [-0.2, -0.15) is 0 Å². The van der Waals surface area contributed by atoms with Crippen molar-refractivity contribution in [2.75, 3.05) is 0 Å². The Kier molecular flexibility index (Phi) is 132. The van der Waals surface area contributed by atoms with Crippen LogP contribution in [0.1, 0.15) is 42.5 Å². The van der Waals surface area contributed by atoms with E-state index < -0.39 is 0 Å². The van der Waals surface area contributed by atoms with Crippen LogP contribution in [0, 0.1) is 14.9 Å². The molecule has 2 aromatic carbocycles. The Morgan fingerprint density at radius 1 is 0.364 bits per heavy atom. The molecule has 22 heavy (non-hydrogen) atoms. The van der Waals surface area contributed by atoms with Crippen molar-refractivity contribution in [1.82, 2.24) is 0 Å². The molecule has 0 bridgehead atoms. The maximum Gasteiger partial charge on any atom is 2.00 e. The normalized spacial score (nSPS) is 4.91. The van der Waals surface area contributed by atoms with Crippen molar-refractivity contribution >= 4 is 0 Å². The summed E-state index contributed by atoms with van der Waals surface area (Å²) in [6.45, 7) is 8.00. The summed E-state index contributed by atoms with van der Waals surface area (Å²) in [4.78, 5) is 0. The third kappa shape index (κ3) is 50.2. The van der Waals surface area contributed by atoms with Gasteiger partial charge in [-0.3, -0.25) is 0 Å². The standard InChI is InChI=1S/2C6H6.2C2H6.2CH4.2CH3.2W/c2*1-2-4-6-5-3-1;2*1-2;;;;;;/h2*1-6H;2*1-2H3;2*1H4;2*1H3;;/q;;;;;;2*-1;;+2. The van der Waals surface area contributed by atoms with Crippen molar-refractivity contribution in [2.45, 2.75) is 42.5 Å². The van der Waals surface area contributed by atoms with Crippen LogP contribution in [0.4, 0.5) is 0 Å². The molecule has 2 heteroatoms. The van der Waals surface area contributed by atoms with Crippen molar-refractivity contribution in [2.24, 2.45) is 0 Å². The largest absolute Gasteiger partial charge is 2.00 e. The smallest absolute Gasteiger partial charge is 0.358 e. The van der Waals surface area contributed by atoms with Crippen LogP contribution in [0.2, 0.25) is 0 Å². The van der Waals surface area contributed by atoms with Crippen LogP contribution in [-0.4, -0.2) is 0 Å². The molecule has 0 saturated carbocycles. The van der Waals surface area contributed by atoms with E-state index in [2.05, 4.69) is 0 Å². The summed E-state index contributed by atoms with van der Waals surface area (Å²) in [5.41, 5.74) is 0. The van der Waals surface area contributed by atoms with Gasteiger partial charge in [-0.1, -0.05) is 115 Å². The maximum atomic E-state index is 2.00. The van der Waals surface area contributed by atoms with Gasteiger partial charge in [0.2, 0.25) is 0 Å². The van der Waals surface area contributed by atoms with E-state index in [-0.39, 0.29) is 71.8 Å². The van der Waals surface area contributed by atoms with Crippen molar-refractivity contribution in [3.63, 3.8) is 0 Å². The molecule has 2 aromatic rings. The van der Waals surface area contributed by atoms with E-state index in [0.29, 0.717) is 0 Å². The number of hydrogen-bond donors (Lipinski definition) is 0. The summed E-state index contributed by atoms with van der Waals surface area (Å²) in [5.74, 6) is 0. The predicted molar refractivity (Wildman–Crippen MR) is 102 cm³/mol. The first-order chi connectivity index (χ1) is 8.00. The zero-order valence-electron chi connectivity index (χ0n) is 13.7. The Bertz CT molecular complexity index is 185. The van der Waals surface area contributed by atoms with E-state index in [1.54, 1.807) is 0 Å². The molecule has 0 saturated heterocycles. The second-order valence-electron chi connectivity index (χ2n) is 2.31. The predicted octanol–water partition coefficient (Wildman–Crippen LogP) is 7.59. The molecule has 130 valence electrons. The van der Waals surface area contributed by atoms with Gasteiger partial charge in [0.1, 0.15) is 0 Å². The average molecular weight is 646 g/mol. The summed E-state index contributed by atoms with van der Waals surface area (Å²) in [7, 11) is 0. The Labute approximate surface area is 171 Å².